The molecular formula is C14H15ClN2O. The predicted molar refractivity (Wildman–Crippen MR) is 72.4 cm³/mol. The van der Waals surface area contributed by atoms with Gasteiger partial charge in [0.1, 0.15) is 5.75 Å². The van der Waals surface area contributed by atoms with Crippen LogP contribution in [-0.4, -0.2) is 9.97 Å². The smallest absolute Gasteiger partial charge is 0.239 e. The molecule has 2 rings (SSSR count). The second-order valence-corrected chi connectivity index (χ2v) is 4.84. The molecule has 0 saturated heterocycles. The van der Waals surface area contributed by atoms with Gasteiger partial charge in [0.25, 0.3) is 0 Å². The number of nitrogens with zero attached hydrogens (tertiary/aromatic N) is 2. The van der Waals surface area contributed by atoms with Gasteiger partial charge in [0.05, 0.1) is 12.4 Å². The van der Waals surface area contributed by atoms with Crippen LogP contribution >= 0.6 is 11.6 Å². The van der Waals surface area contributed by atoms with Crippen LogP contribution in [0.2, 0.25) is 5.15 Å². The number of hydrogen-bond donors (Lipinski definition) is 0. The van der Waals surface area contributed by atoms with Gasteiger partial charge in [0.15, 0.2) is 5.15 Å². The molecule has 0 N–H and O–H groups in total. The molecule has 0 saturated carbocycles. The fraction of sp³-hybridized carbons (Fsp3) is 0.286. The summed E-state index contributed by atoms with van der Waals surface area (Å²) in [6.07, 6.45) is 3.01. The number of benzene rings is 1. The van der Waals surface area contributed by atoms with Gasteiger partial charge >= 0.3 is 0 Å². The van der Waals surface area contributed by atoms with Gasteiger partial charge in [-0.05, 0) is 36.1 Å². The van der Waals surface area contributed by atoms with Crippen molar-refractivity contribution < 1.29 is 4.74 Å². The van der Waals surface area contributed by atoms with E-state index in [-0.39, 0.29) is 0 Å². The Morgan fingerprint density at radius 2 is 2.00 bits per heavy atom. The zero-order chi connectivity index (χ0) is 13.1. The molecule has 0 aliphatic heterocycles. The third kappa shape index (κ3) is 2.99. The topological polar surface area (TPSA) is 35.0 Å². The van der Waals surface area contributed by atoms with E-state index in [4.69, 9.17) is 16.3 Å². The Bertz CT molecular complexity index is 555. The summed E-state index contributed by atoms with van der Waals surface area (Å²) < 4.78 is 5.62. The highest BCUT2D eigenvalue weighted by atomic mass is 35.5. The fourth-order valence-electron chi connectivity index (χ4n) is 1.85. The van der Waals surface area contributed by atoms with Crippen molar-refractivity contribution in [1.82, 2.24) is 9.97 Å². The molecule has 1 heterocycles. The van der Waals surface area contributed by atoms with Crippen LogP contribution in [0, 0.1) is 6.92 Å². The SMILES string of the molecule is Cc1cc(Oc2cncc(Cl)n2)ccc1C(C)C. The van der Waals surface area contributed by atoms with E-state index in [0.29, 0.717) is 17.0 Å². The predicted octanol–water partition coefficient (Wildman–Crippen LogP) is 4.35. The number of hydrogen-bond acceptors (Lipinski definition) is 3. The minimum atomic E-state index is 0.322. The molecule has 0 atom stereocenters. The maximum Gasteiger partial charge on any atom is 0.239 e. The van der Waals surface area contributed by atoms with E-state index in [9.17, 15) is 0 Å². The normalized spacial score (nSPS) is 10.7. The lowest BCUT2D eigenvalue weighted by molar-refractivity contribution is 0.459. The lowest BCUT2D eigenvalue weighted by atomic mass is 9.98. The molecule has 0 aliphatic carbocycles. The van der Waals surface area contributed by atoms with E-state index in [1.807, 2.05) is 12.1 Å². The summed E-state index contributed by atoms with van der Waals surface area (Å²) >= 11 is 5.76. The van der Waals surface area contributed by atoms with Crippen LogP contribution in [0.4, 0.5) is 0 Å². The lowest BCUT2D eigenvalue weighted by Crippen LogP contribution is -1.94. The summed E-state index contributed by atoms with van der Waals surface area (Å²) in [5.41, 5.74) is 2.53. The number of aromatic nitrogens is 2. The fourth-order valence-corrected chi connectivity index (χ4v) is 1.99. The molecule has 0 aliphatic rings. The van der Waals surface area contributed by atoms with Gasteiger partial charge in [0.2, 0.25) is 5.88 Å². The Morgan fingerprint density at radius 1 is 1.22 bits per heavy atom. The minimum absolute atomic E-state index is 0.322. The third-order valence-electron chi connectivity index (χ3n) is 2.67. The quantitative estimate of drug-likeness (QED) is 0.825. The standard InChI is InChI=1S/C14H15ClN2O/c1-9(2)12-5-4-11(6-10(12)3)18-14-8-16-7-13(15)17-14/h4-9H,1-3H3. The molecular weight excluding hydrogens is 248 g/mol. The van der Waals surface area contributed by atoms with Gasteiger partial charge in [-0.1, -0.05) is 31.5 Å². The monoisotopic (exact) mass is 262 g/mol. The van der Waals surface area contributed by atoms with E-state index >= 15 is 0 Å². The Hall–Kier alpha value is -1.61. The number of ether oxygens (including phenoxy) is 1. The largest absolute Gasteiger partial charge is 0.437 e. The van der Waals surface area contributed by atoms with Crippen LogP contribution in [0.25, 0.3) is 0 Å². The van der Waals surface area contributed by atoms with Crippen LogP contribution in [-0.2, 0) is 0 Å². The molecule has 0 amide bonds. The highest BCUT2D eigenvalue weighted by Crippen LogP contribution is 2.26. The Kier molecular flexibility index (Phi) is 3.82. The maximum absolute atomic E-state index is 5.76. The van der Waals surface area contributed by atoms with E-state index in [1.54, 1.807) is 0 Å². The van der Waals surface area contributed by atoms with E-state index in [0.717, 1.165) is 5.75 Å². The van der Waals surface area contributed by atoms with Crippen molar-refractivity contribution >= 4 is 11.6 Å². The van der Waals surface area contributed by atoms with Crippen molar-refractivity contribution in [3.8, 4) is 11.6 Å². The second-order valence-electron chi connectivity index (χ2n) is 4.46. The van der Waals surface area contributed by atoms with Crippen LogP contribution in [0.3, 0.4) is 0 Å². The average molecular weight is 263 g/mol. The van der Waals surface area contributed by atoms with Crippen molar-refractivity contribution in [3.05, 3.63) is 46.9 Å². The van der Waals surface area contributed by atoms with Gasteiger partial charge in [-0.2, -0.15) is 4.98 Å². The van der Waals surface area contributed by atoms with Crippen LogP contribution in [0.15, 0.2) is 30.6 Å². The Morgan fingerprint density at radius 3 is 2.61 bits per heavy atom. The molecule has 0 spiro atoms. The van der Waals surface area contributed by atoms with Crippen molar-refractivity contribution in [2.45, 2.75) is 26.7 Å². The Balaban J connectivity index is 2.23. The lowest BCUT2D eigenvalue weighted by Gasteiger charge is -2.11. The third-order valence-corrected chi connectivity index (χ3v) is 2.85. The van der Waals surface area contributed by atoms with Crippen molar-refractivity contribution in [1.29, 1.82) is 0 Å². The highest BCUT2D eigenvalue weighted by molar-refractivity contribution is 6.29. The molecule has 0 fully saturated rings. The van der Waals surface area contributed by atoms with Crippen molar-refractivity contribution in [3.63, 3.8) is 0 Å². The van der Waals surface area contributed by atoms with Crippen LogP contribution < -0.4 is 4.74 Å². The Labute approximate surface area is 112 Å². The number of rotatable bonds is 3. The summed E-state index contributed by atoms with van der Waals surface area (Å²) in [4.78, 5) is 7.97. The summed E-state index contributed by atoms with van der Waals surface area (Å²) in [6.45, 7) is 6.42. The molecule has 4 heteroatoms. The number of aryl methyl sites for hydroxylation is 1. The van der Waals surface area contributed by atoms with Gasteiger partial charge in [-0.3, -0.25) is 4.98 Å². The van der Waals surface area contributed by atoms with Crippen LogP contribution in [0.5, 0.6) is 11.6 Å². The molecule has 0 radical (unpaired) electrons. The molecule has 0 bridgehead atoms. The van der Waals surface area contributed by atoms with Gasteiger partial charge in [-0.15, -0.1) is 0 Å². The molecule has 18 heavy (non-hydrogen) atoms. The molecule has 94 valence electrons. The molecule has 0 unspecified atom stereocenters. The molecule has 1 aromatic heterocycles. The van der Waals surface area contributed by atoms with Gasteiger partial charge < -0.3 is 4.74 Å². The van der Waals surface area contributed by atoms with Crippen molar-refractivity contribution in [2.24, 2.45) is 0 Å². The van der Waals surface area contributed by atoms with E-state index in [2.05, 4.69) is 36.8 Å². The minimum Gasteiger partial charge on any atom is -0.437 e. The van der Waals surface area contributed by atoms with E-state index in [1.165, 1.54) is 23.5 Å². The summed E-state index contributed by atoms with van der Waals surface area (Å²) in [6, 6.07) is 6.01. The van der Waals surface area contributed by atoms with Crippen LogP contribution in [0.1, 0.15) is 30.9 Å². The zero-order valence-corrected chi connectivity index (χ0v) is 11.4. The summed E-state index contributed by atoms with van der Waals surface area (Å²) in [5, 5.41) is 0.322. The van der Waals surface area contributed by atoms with Gasteiger partial charge in [-0.25, -0.2) is 0 Å². The first-order chi connectivity index (χ1) is 8.56. The molecule has 3 nitrogen and oxygen atoms in total. The van der Waals surface area contributed by atoms with E-state index < -0.39 is 0 Å². The first-order valence-electron chi connectivity index (χ1n) is 5.82. The summed E-state index contributed by atoms with van der Waals surface area (Å²) in [5.74, 6) is 1.65. The van der Waals surface area contributed by atoms with Crippen molar-refractivity contribution in [2.75, 3.05) is 0 Å². The maximum atomic E-state index is 5.76. The summed E-state index contributed by atoms with van der Waals surface area (Å²) in [7, 11) is 0. The first-order valence-corrected chi connectivity index (χ1v) is 6.20. The zero-order valence-electron chi connectivity index (χ0n) is 10.6. The molecule has 1 aromatic carbocycles. The average Bonchev–Trinajstić information content (AvgIpc) is 2.28. The van der Waals surface area contributed by atoms with Gasteiger partial charge in [0, 0.05) is 0 Å². The highest BCUT2D eigenvalue weighted by Gasteiger charge is 2.06. The first kappa shape index (κ1) is 12.8. The second kappa shape index (κ2) is 5.36. The number of halogens is 1. The molecule has 2 aromatic rings.